The zero-order chi connectivity index (χ0) is 13.7. The lowest BCUT2D eigenvalue weighted by atomic mass is 9.95. The number of benzene rings is 1. The van der Waals surface area contributed by atoms with E-state index in [4.69, 9.17) is 4.74 Å². The highest BCUT2D eigenvalue weighted by Crippen LogP contribution is 2.25. The van der Waals surface area contributed by atoms with E-state index in [0.717, 1.165) is 0 Å². The average Bonchev–Trinajstić information content (AvgIpc) is 2.49. The monoisotopic (exact) mass is 252 g/mol. The summed E-state index contributed by atoms with van der Waals surface area (Å²) in [5, 5.41) is 9.22. The molecule has 0 aliphatic rings. The predicted octanol–water partition coefficient (Wildman–Crippen LogP) is 2.58. The molecule has 0 N–H and O–H groups in total. The summed E-state index contributed by atoms with van der Waals surface area (Å²) in [6.07, 6.45) is 1.56. The number of nitriles is 1. The van der Waals surface area contributed by atoms with Gasteiger partial charge in [-0.2, -0.15) is 5.26 Å². The lowest BCUT2D eigenvalue weighted by Crippen LogP contribution is -2.13. The molecule has 19 heavy (non-hydrogen) atoms. The van der Waals surface area contributed by atoms with Gasteiger partial charge in [-0.1, -0.05) is 18.2 Å². The van der Waals surface area contributed by atoms with E-state index in [1.54, 1.807) is 48.7 Å². The molecule has 1 heterocycles. The van der Waals surface area contributed by atoms with E-state index < -0.39 is 5.92 Å². The molecular weight excluding hydrogens is 240 g/mol. The summed E-state index contributed by atoms with van der Waals surface area (Å²) >= 11 is 0. The van der Waals surface area contributed by atoms with E-state index in [1.807, 2.05) is 6.07 Å². The summed E-state index contributed by atoms with van der Waals surface area (Å²) in [4.78, 5) is 16.5. The molecule has 0 fully saturated rings. The molecule has 0 spiro atoms. The molecule has 4 heteroatoms. The minimum atomic E-state index is -0.919. The van der Waals surface area contributed by atoms with Gasteiger partial charge in [-0.3, -0.25) is 9.78 Å². The molecule has 4 nitrogen and oxygen atoms in total. The maximum atomic E-state index is 12.4. The van der Waals surface area contributed by atoms with E-state index in [1.165, 1.54) is 7.11 Å². The molecule has 0 saturated heterocycles. The molecule has 1 aromatic heterocycles. The fraction of sp³-hybridized carbons (Fsp3) is 0.133. The number of methoxy groups -OCH3 is 1. The van der Waals surface area contributed by atoms with Gasteiger partial charge in [-0.15, -0.1) is 0 Å². The summed E-state index contributed by atoms with van der Waals surface area (Å²) in [6, 6.07) is 14.0. The first-order valence-electron chi connectivity index (χ1n) is 5.75. The second-order valence-electron chi connectivity index (χ2n) is 3.88. The molecule has 2 rings (SSSR count). The van der Waals surface area contributed by atoms with Crippen LogP contribution in [-0.4, -0.2) is 17.9 Å². The van der Waals surface area contributed by atoms with Crippen LogP contribution < -0.4 is 4.74 Å². The number of rotatable bonds is 4. The number of carbonyl (C=O) groups is 1. The quantitative estimate of drug-likeness (QED) is 0.784. The number of hydrogen-bond acceptors (Lipinski definition) is 4. The van der Waals surface area contributed by atoms with Crippen molar-refractivity contribution in [2.45, 2.75) is 5.92 Å². The Morgan fingerprint density at radius 1 is 1.26 bits per heavy atom. The second kappa shape index (κ2) is 5.78. The lowest BCUT2D eigenvalue weighted by Gasteiger charge is -2.10. The third kappa shape index (κ3) is 2.61. The Bertz CT molecular complexity index is 618. The zero-order valence-corrected chi connectivity index (χ0v) is 10.4. The molecule has 94 valence electrons. The van der Waals surface area contributed by atoms with E-state index in [9.17, 15) is 10.1 Å². The standard InChI is InChI=1S/C15H12N2O2/c1-19-14-8-3-2-6-11(14)15(18)12(10-16)13-7-4-5-9-17-13/h2-9,12H,1H3. The van der Waals surface area contributed by atoms with Crippen molar-refractivity contribution in [3.8, 4) is 11.8 Å². The van der Waals surface area contributed by atoms with Gasteiger partial charge in [0, 0.05) is 6.20 Å². The van der Waals surface area contributed by atoms with Crippen LogP contribution in [0.25, 0.3) is 0 Å². The molecular formula is C15H12N2O2. The Labute approximate surface area is 111 Å². The smallest absolute Gasteiger partial charge is 0.189 e. The molecule has 0 aliphatic heterocycles. The maximum absolute atomic E-state index is 12.4. The predicted molar refractivity (Wildman–Crippen MR) is 69.9 cm³/mol. The van der Waals surface area contributed by atoms with E-state index in [2.05, 4.69) is 4.98 Å². The fourth-order valence-electron chi connectivity index (χ4n) is 1.81. The van der Waals surface area contributed by atoms with Gasteiger partial charge < -0.3 is 4.74 Å². The van der Waals surface area contributed by atoms with Gasteiger partial charge >= 0.3 is 0 Å². The third-order valence-corrected chi connectivity index (χ3v) is 2.75. The zero-order valence-electron chi connectivity index (χ0n) is 10.4. The van der Waals surface area contributed by atoms with Gasteiger partial charge in [0.15, 0.2) is 11.7 Å². The Balaban J connectivity index is 2.40. The van der Waals surface area contributed by atoms with Crippen molar-refractivity contribution in [2.75, 3.05) is 7.11 Å². The number of ether oxygens (including phenoxy) is 1. The first-order valence-corrected chi connectivity index (χ1v) is 5.75. The summed E-state index contributed by atoms with van der Waals surface area (Å²) in [6.45, 7) is 0. The highest BCUT2D eigenvalue weighted by atomic mass is 16.5. The van der Waals surface area contributed by atoms with Crippen LogP contribution in [-0.2, 0) is 0 Å². The van der Waals surface area contributed by atoms with E-state index >= 15 is 0 Å². The minimum Gasteiger partial charge on any atom is -0.496 e. The number of pyridine rings is 1. The van der Waals surface area contributed by atoms with Crippen molar-refractivity contribution in [2.24, 2.45) is 0 Å². The van der Waals surface area contributed by atoms with Gasteiger partial charge in [0.1, 0.15) is 5.75 Å². The fourth-order valence-corrected chi connectivity index (χ4v) is 1.81. The molecule has 1 unspecified atom stereocenters. The summed E-state index contributed by atoms with van der Waals surface area (Å²) in [7, 11) is 1.49. The van der Waals surface area contributed by atoms with Crippen molar-refractivity contribution in [1.29, 1.82) is 5.26 Å². The number of Topliss-reactive ketones (excluding diaryl/α,β-unsaturated/α-hetero) is 1. The van der Waals surface area contributed by atoms with E-state index in [0.29, 0.717) is 17.0 Å². The number of carbonyl (C=O) groups excluding carboxylic acids is 1. The Morgan fingerprint density at radius 3 is 2.63 bits per heavy atom. The van der Waals surface area contributed by atoms with Crippen LogP contribution in [0.15, 0.2) is 48.7 Å². The first-order chi connectivity index (χ1) is 9.27. The van der Waals surface area contributed by atoms with Crippen molar-refractivity contribution in [3.05, 3.63) is 59.9 Å². The van der Waals surface area contributed by atoms with Gasteiger partial charge in [-0.25, -0.2) is 0 Å². The highest BCUT2D eigenvalue weighted by molar-refractivity contribution is 6.04. The van der Waals surface area contributed by atoms with Crippen LogP contribution in [0.5, 0.6) is 5.75 Å². The second-order valence-corrected chi connectivity index (χ2v) is 3.88. The van der Waals surface area contributed by atoms with Crippen molar-refractivity contribution < 1.29 is 9.53 Å². The van der Waals surface area contributed by atoms with Crippen LogP contribution in [0.4, 0.5) is 0 Å². The molecule has 0 bridgehead atoms. The SMILES string of the molecule is COc1ccccc1C(=O)C(C#N)c1ccccn1. The number of aromatic nitrogens is 1. The number of ketones is 1. The van der Waals surface area contributed by atoms with Gasteiger partial charge in [0.25, 0.3) is 0 Å². The number of hydrogen-bond donors (Lipinski definition) is 0. The average molecular weight is 252 g/mol. The maximum Gasteiger partial charge on any atom is 0.189 e. The number of para-hydroxylation sites is 1. The number of nitrogens with zero attached hydrogens (tertiary/aromatic N) is 2. The molecule has 1 aromatic carbocycles. The van der Waals surface area contributed by atoms with Gasteiger partial charge in [-0.05, 0) is 24.3 Å². The molecule has 0 saturated carbocycles. The van der Waals surface area contributed by atoms with Crippen molar-refractivity contribution in [3.63, 3.8) is 0 Å². The van der Waals surface area contributed by atoms with Crippen LogP contribution >= 0.6 is 0 Å². The van der Waals surface area contributed by atoms with Gasteiger partial charge in [0.2, 0.25) is 0 Å². The Hall–Kier alpha value is -2.67. The minimum absolute atomic E-state index is 0.307. The largest absolute Gasteiger partial charge is 0.496 e. The summed E-state index contributed by atoms with van der Waals surface area (Å²) < 4.78 is 5.15. The first kappa shape index (κ1) is 12.8. The normalized spacial score (nSPS) is 11.4. The van der Waals surface area contributed by atoms with Crippen molar-refractivity contribution >= 4 is 5.78 Å². The Kier molecular flexibility index (Phi) is 3.89. The Morgan fingerprint density at radius 2 is 2.00 bits per heavy atom. The highest BCUT2D eigenvalue weighted by Gasteiger charge is 2.25. The van der Waals surface area contributed by atoms with Crippen LogP contribution in [0.1, 0.15) is 22.0 Å². The lowest BCUT2D eigenvalue weighted by molar-refractivity contribution is 0.0974. The van der Waals surface area contributed by atoms with Crippen LogP contribution in [0, 0.1) is 11.3 Å². The van der Waals surface area contributed by atoms with Crippen LogP contribution in [0.2, 0.25) is 0 Å². The molecule has 2 aromatic rings. The van der Waals surface area contributed by atoms with Gasteiger partial charge in [0.05, 0.1) is 24.4 Å². The molecule has 0 aliphatic carbocycles. The van der Waals surface area contributed by atoms with Crippen molar-refractivity contribution in [1.82, 2.24) is 4.98 Å². The molecule has 1 atom stereocenters. The molecule has 0 radical (unpaired) electrons. The van der Waals surface area contributed by atoms with Crippen LogP contribution in [0.3, 0.4) is 0 Å². The van der Waals surface area contributed by atoms with E-state index in [-0.39, 0.29) is 5.78 Å². The topological polar surface area (TPSA) is 63.0 Å². The summed E-state index contributed by atoms with van der Waals surface area (Å²) in [5.41, 5.74) is 0.836. The molecule has 0 amide bonds. The summed E-state index contributed by atoms with van der Waals surface area (Å²) in [5.74, 6) is -0.764. The third-order valence-electron chi connectivity index (χ3n) is 2.75.